The topological polar surface area (TPSA) is 86.8 Å². The molecular weight excluding hydrogens is 481 g/mol. The van der Waals surface area contributed by atoms with Crippen LogP contribution < -0.4 is 9.62 Å². The highest BCUT2D eigenvalue weighted by atomic mass is 32.2. The van der Waals surface area contributed by atoms with Gasteiger partial charge in [0.1, 0.15) is 11.9 Å². The van der Waals surface area contributed by atoms with Crippen LogP contribution in [0.25, 0.3) is 0 Å². The number of nitrogens with zero attached hydrogens (tertiary/aromatic N) is 2. The number of hydrogen-bond acceptors (Lipinski definition) is 4. The van der Waals surface area contributed by atoms with Gasteiger partial charge in [0.25, 0.3) is 0 Å². The van der Waals surface area contributed by atoms with E-state index in [1.54, 1.807) is 37.3 Å². The largest absolute Gasteiger partial charge is 0.354 e. The molecule has 2 rings (SSSR count). The first-order valence-corrected chi connectivity index (χ1v) is 14.3. The normalized spacial score (nSPS) is 12.1. The zero-order valence-corrected chi connectivity index (χ0v) is 22.5. The van der Waals surface area contributed by atoms with Gasteiger partial charge in [0.15, 0.2) is 0 Å². The molecule has 0 aromatic heterocycles. The summed E-state index contributed by atoms with van der Waals surface area (Å²) in [4.78, 5) is 27.3. The number of amides is 2. The molecule has 0 bridgehead atoms. The molecule has 1 unspecified atom stereocenters. The van der Waals surface area contributed by atoms with Crippen molar-refractivity contribution in [2.75, 3.05) is 23.7 Å². The van der Waals surface area contributed by atoms with Gasteiger partial charge in [0, 0.05) is 31.6 Å². The first-order valence-electron chi connectivity index (χ1n) is 12.5. The van der Waals surface area contributed by atoms with Crippen molar-refractivity contribution >= 4 is 27.5 Å². The fourth-order valence-corrected chi connectivity index (χ4v) is 4.80. The first kappa shape index (κ1) is 29.3. The Morgan fingerprint density at radius 3 is 2.28 bits per heavy atom. The number of benzene rings is 2. The minimum absolute atomic E-state index is 0.0140. The van der Waals surface area contributed by atoms with Crippen molar-refractivity contribution in [2.24, 2.45) is 0 Å². The second-order valence-electron chi connectivity index (χ2n) is 8.89. The summed E-state index contributed by atoms with van der Waals surface area (Å²) < 4.78 is 40.5. The third kappa shape index (κ3) is 8.62. The summed E-state index contributed by atoms with van der Waals surface area (Å²) in [6.07, 6.45) is 3.98. The first-order chi connectivity index (χ1) is 17.1. The molecule has 0 aliphatic heterocycles. The highest BCUT2D eigenvalue weighted by Crippen LogP contribution is 2.20. The van der Waals surface area contributed by atoms with Crippen LogP contribution >= 0.6 is 0 Å². The number of hydrogen-bond donors (Lipinski definition) is 1. The van der Waals surface area contributed by atoms with Crippen LogP contribution in [-0.2, 0) is 32.6 Å². The molecule has 2 aromatic carbocycles. The summed E-state index contributed by atoms with van der Waals surface area (Å²) in [6.45, 7) is 6.22. The van der Waals surface area contributed by atoms with Crippen LogP contribution in [0, 0.1) is 5.82 Å². The van der Waals surface area contributed by atoms with Gasteiger partial charge >= 0.3 is 0 Å². The van der Waals surface area contributed by atoms with Crippen molar-refractivity contribution in [3.8, 4) is 0 Å². The Bertz CT molecular complexity index is 1110. The number of sulfonamides is 1. The molecule has 0 aliphatic rings. The van der Waals surface area contributed by atoms with Crippen molar-refractivity contribution in [1.29, 1.82) is 0 Å². The molecule has 0 radical (unpaired) electrons. The van der Waals surface area contributed by atoms with Crippen molar-refractivity contribution in [3.63, 3.8) is 0 Å². The molecule has 36 heavy (non-hydrogen) atoms. The summed E-state index contributed by atoms with van der Waals surface area (Å²) in [6, 6.07) is 12.6. The predicted molar refractivity (Wildman–Crippen MR) is 142 cm³/mol. The average Bonchev–Trinajstić information content (AvgIpc) is 2.85. The molecule has 0 saturated carbocycles. The number of halogens is 1. The number of unbranched alkanes of at least 4 members (excludes halogenated alkanes) is 1. The lowest BCUT2D eigenvalue weighted by atomic mass is 10.1. The lowest BCUT2D eigenvalue weighted by Gasteiger charge is -2.29. The van der Waals surface area contributed by atoms with E-state index in [0.717, 1.165) is 31.1 Å². The molecule has 0 aliphatic carbocycles. The zero-order valence-electron chi connectivity index (χ0n) is 21.7. The SMILES string of the molecule is CCCCNC(=O)C(C)N(Cc1ccccc1F)C(=O)CCCN(c1ccc(CC)cc1)S(C)(=O)=O. The third-order valence-corrected chi connectivity index (χ3v) is 7.27. The van der Waals surface area contributed by atoms with Gasteiger partial charge in [-0.2, -0.15) is 0 Å². The molecule has 1 atom stereocenters. The second kappa shape index (κ2) is 14.0. The van der Waals surface area contributed by atoms with E-state index in [9.17, 15) is 22.4 Å². The fourth-order valence-electron chi connectivity index (χ4n) is 3.83. The minimum Gasteiger partial charge on any atom is -0.354 e. The number of rotatable bonds is 14. The average molecular weight is 520 g/mol. The molecule has 1 N–H and O–H groups in total. The molecule has 2 aromatic rings. The van der Waals surface area contributed by atoms with Crippen LogP contribution in [0.2, 0.25) is 0 Å². The molecular formula is C27H38FN3O4S. The smallest absolute Gasteiger partial charge is 0.242 e. The molecule has 0 heterocycles. The van der Waals surface area contributed by atoms with Gasteiger partial charge in [-0.3, -0.25) is 13.9 Å². The van der Waals surface area contributed by atoms with E-state index in [1.165, 1.54) is 15.3 Å². The van der Waals surface area contributed by atoms with E-state index in [1.807, 2.05) is 26.0 Å². The Labute approximate surface area is 214 Å². The van der Waals surface area contributed by atoms with Gasteiger partial charge in [-0.15, -0.1) is 0 Å². The van der Waals surface area contributed by atoms with Crippen LogP contribution in [0.4, 0.5) is 10.1 Å². The lowest BCUT2D eigenvalue weighted by molar-refractivity contribution is -0.140. The summed E-state index contributed by atoms with van der Waals surface area (Å²) in [5.41, 5.74) is 1.94. The third-order valence-electron chi connectivity index (χ3n) is 6.08. The molecule has 198 valence electrons. The maximum absolute atomic E-state index is 14.3. The van der Waals surface area contributed by atoms with E-state index in [-0.39, 0.29) is 37.7 Å². The summed E-state index contributed by atoms with van der Waals surface area (Å²) in [5, 5.41) is 2.83. The van der Waals surface area contributed by atoms with Gasteiger partial charge in [-0.25, -0.2) is 12.8 Å². The predicted octanol–water partition coefficient (Wildman–Crippen LogP) is 4.27. The van der Waals surface area contributed by atoms with Crippen molar-refractivity contribution < 1.29 is 22.4 Å². The minimum atomic E-state index is -3.56. The van der Waals surface area contributed by atoms with Crippen molar-refractivity contribution in [3.05, 3.63) is 65.5 Å². The van der Waals surface area contributed by atoms with Gasteiger partial charge in [0.05, 0.1) is 11.9 Å². The summed E-state index contributed by atoms with van der Waals surface area (Å²) in [7, 11) is -3.56. The number of aryl methyl sites for hydroxylation is 1. The van der Waals surface area contributed by atoms with Crippen LogP contribution in [0.3, 0.4) is 0 Å². The van der Waals surface area contributed by atoms with E-state index in [4.69, 9.17) is 0 Å². The van der Waals surface area contributed by atoms with Crippen molar-refractivity contribution in [1.82, 2.24) is 10.2 Å². The molecule has 2 amide bonds. The molecule has 9 heteroatoms. The van der Waals surface area contributed by atoms with Gasteiger partial charge in [0.2, 0.25) is 21.8 Å². The fraction of sp³-hybridized carbons (Fsp3) is 0.481. The Balaban J connectivity index is 2.15. The van der Waals surface area contributed by atoms with E-state index in [2.05, 4.69) is 5.32 Å². The number of carbonyl (C=O) groups is 2. The van der Waals surface area contributed by atoms with E-state index in [0.29, 0.717) is 17.8 Å². The van der Waals surface area contributed by atoms with Crippen LogP contribution in [-0.4, -0.2) is 50.5 Å². The number of anilines is 1. The Morgan fingerprint density at radius 2 is 1.69 bits per heavy atom. The Morgan fingerprint density at radius 1 is 1.03 bits per heavy atom. The highest BCUT2D eigenvalue weighted by molar-refractivity contribution is 7.92. The highest BCUT2D eigenvalue weighted by Gasteiger charge is 2.27. The van der Waals surface area contributed by atoms with Crippen molar-refractivity contribution in [2.45, 2.75) is 65.5 Å². The monoisotopic (exact) mass is 519 g/mol. The second-order valence-corrected chi connectivity index (χ2v) is 10.8. The van der Waals surface area contributed by atoms with Gasteiger partial charge in [-0.1, -0.05) is 50.6 Å². The molecule has 0 spiro atoms. The molecule has 0 fully saturated rings. The zero-order chi connectivity index (χ0) is 26.7. The van der Waals surface area contributed by atoms with E-state index >= 15 is 0 Å². The van der Waals surface area contributed by atoms with Crippen LogP contribution in [0.5, 0.6) is 0 Å². The summed E-state index contributed by atoms with van der Waals surface area (Å²) >= 11 is 0. The Hall–Kier alpha value is -2.94. The van der Waals surface area contributed by atoms with Gasteiger partial charge < -0.3 is 10.2 Å². The lowest BCUT2D eigenvalue weighted by Crippen LogP contribution is -2.48. The maximum atomic E-state index is 14.3. The number of nitrogens with one attached hydrogen (secondary N) is 1. The van der Waals surface area contributed by atoms with Crippen LogP contribution in [0.1, 0.15) is 57.6 Å². The summed E-state index contributed by atoms with van der Waals surface area (Å²) in [5.74, 6) is -1.10. The Kier molecular flexibility index (Phi) is 11.4. The quantitative estimate of drug-likeness (QED) is 0.378. The van der Waals surface area contributed by atoms with Gasteiger partial charge in [-0.05, 0) is 49.9 Å². The molecule has 7 nitrogen and oxygen atoms in total. The standard InChI is InChI=1S/C27H38FN3O4S/c1-5-7-18-29-27(33)21(3)30(20-23-11-8-9-12-25(23)28)26(32)13-10-19-31(36(4,34)35)24-16-14-22(6-2)15-17-24/h8-9,11-12,14-17,21H,5-7,10,13,18-20H2,1-4H3,(H,29,33). The number of carbonyl (C=O) groups excluding carboxylic acids is 2. The van der Waals surface area contributed by atoms with Crippen LogP contribution in [0.15, 0.2) is 48.5 Å². The van der Waals surface area contributed by atoms with E-state index < -0.39 is 21.9 Å². The maximum Gasteiger partial charge on any atom is 0.242 e. The molecule has 0 saturated heterocycles.